The van der Waals surface area contributed by atoms with E-state index >= 15 is 0 Å². The van der Waals surface area contributed by atoms with E-state index in [4.69, 9.17) is 9.94 Å². The van der Waals surface area contributed by atoms with E-state index in [1.54, 1.807) is 19.6 Å². The molecule has 0 saturated heterocycles. The van der Waals surface area contributed by atoms with Crippen molar-refractivity contribution in [2.45, 2.75) is 26.7 Å². The summed E-state index contributed by atoms with van der Waals surface area (Å²) in [6.45, 7) is 3.90. The highest BCUT2D eigenvalue weighted by Crippen LogP contribution is 2.52. The predicted molar refractivity (Wildman–Crippen MR) is 99.1 cm³/mol. The molecule has 0 bridgehead atoms. The molecular formula is C20H28N2O5. The maximum absolute atomic E-state index is 12.8. The lowest BCUT2D eigenvalue weighted by molar-refractivity contribution is -0.133. The lowest BCUT2D eigenvalue weighted by atomic mass is 9.91. The first-order valence-corrected chi connectivity index (χ1v) is 9.15. The Morgan fingerprint density at radius 3 is 2.26 bits per heavy atom. The average molecular weight is 376 g/mol. The van der Waals surface area contributed by atoms with Crippen molar-refractivity contribution in [3.63, 3.8) is 0 Å². The van der Waals surface area contributed by atoms with Crippen molar-refractivity contribution in [1.82, 2.24) is 10.8 Å². The molecule has 1 aromatic rings. The van der Waals surface area contributed by atoms with E-state index in [1.807, 2.05) is 38.1 Å². The molecule has 2 unspecified atom stereocenters. The molecule has 1 fully saturated rings. The molecule has 3 N–H and O–H groups in total. The van der Waals surface area contributed by atoms with Gasteiger partial charge in [0.2, 0.25) is 11.8 Å². The minimum Gasteiger partial charge on any atom is -0.497 e. The summed E-state index contributed by atoms with van der Waals surface area (Å²) in [5.41, 5.74) is 2.58. The Hall–Kier alpha value is -2.41. The second kappa shape index (κ2) is 8.99. The fourth-order valence-electron chi connectivity index (χ4n) is 3.88. The molecule has 1 saturated carbocycles. The van der Waals surface area contributed by atoms with E-state index in [-0.39, 0.29) is 29.9 Å². The third-order valence-electron chi connectivity index (χ3n) is 5.34. The molecule has 148 valence electrons. The van der Waals surface area contributed by atoms with E-state index in [9.17, 15) is 14.4 Å². The van der Waals surface area contributed by atoms with Crippen molar-refractivity contribution in [3.8, 4) is 5.75 Å². The number of carbonyl (C=O) groups is 3. The van der Waals surface area contributed by atoms with Gasteiger partial charge in [-0.3, -0.25) is 19.6 Å². The number of benzene rings is 1. The summed E-state index contributed by atoms with van der Waals surface area (Å²) in [6, 6.07) is 7.37. The lowest BCUT2D eigenvalue weighted by Gasteiger charge is -2.15. The number of hydrogen-bond acceptors (Lipinski definition) is 5. The highest BCUT2D eigenvalue weighted by Gasteiger charge is 2.59. The van der Waals surface area contributed by atoms with Crippen LogP contribution in [0.1, 0.15) is 25.8 Å². The maximum Gasteiger partial charge on any atom is 0.247 e. The number of ether oxygens (including phenoxy) is 1. The molecule has 0 spiro atoms. The molecule has 4 atom stereocenters. The number of nitrogens with one attached hydrogen (secondary N) is 2. The zero-order chi connectivity index (χ0) is 20.1. The molecule has 0 aliphatic heterocycles. The SMILES string of the molecule is CNC(=O)[C@@H](CC(=O)C1C(C(=O)NO)[C@H]1C(C)C)Cc1ccc(OC)cc1. The molecular weight excluding hydrogens is 348 g/mol. The molecule has 1 aromatic carbocycles. The summed E-state index contributed by atoms with van der Waals surface area (Å²) in [5, 5.41) is 11.5. The molecule has 1 aliphatic carbocycles. The monoisotopic (exact) mass is 376 g/mol. The number of hydrogen-bond donors (Lipinski definition) is 3. The van der Waals surface area contributed by atoms with Crippen LogP contribution >= 0.6 is 0 Å². The number of carbonyl (C=O) groups excluding carboxylic acids is 3. The normalized spacial score (nSPS) is 22.1. The number of methoxy groups -OCH3 is 1. The Morgan fingerprint density at radius 1 is 1.15 bits per heavy atom. The van der Waals surface area contributed by atoms with Crippen LogP contribution in [0.4, 0.5) is 0 Å². The van der Waals surface area contributed by atoms with E-state index in [2.05, 4.69) is 5.32 Å². The van der Waals surface area contributed by atoms with Gasteiger partial charge in [0.25, 0.3) is 0 Å². The molecule has 0 aromatic heterocycles. The van der Waals surface area contributed by atoms with Gasteiger partial charge in [-0.2, -0.15) is 0 Å². The van der Waals surface area contributed by atoms with Crippen LogP contribution in [-0.4, -0.2) is 37.0 Å². The Kier molecular flexibility index (Phi) is 6.96. The summed E-state index contributed by atoms with van der Waals surface area (Å²) in [6.07, 6.45) is 0.486. The molecule has 2 amide bonds. The fourth-order valence-corrected chi connectivity index (χ4v) is 3.88. The number of ketones is 1. The number of rotatable bonds is 9. The third kappa shape index (κ3) is 4.86. The van der Waals surface area contributed by atoms with Crippen molar-refractivity contribution < 1.29 is 24.3 Å². The van der Waals surface area contributed by atoms with Crippen LogP contribution in [0.5, 0.6) is 5.75 Å². The van der Waals surface area contributed by atoms with E-state index in [0.717, 1.165) is 11.3 Å². The Morgan fingerprint density at radius 2 is 1.78 bits per heavy atom. The summed E-state index contributed by atoms with van der Waals surface area (Å²) >= 11 is 0. The standard InChI is InChI=1S/C20H28N2O5/c1-11(2)16-17(18(16)20(25)22-26)15(23)10-13(19(24)21-3)9-12-5-7-14(27-4)8-6-12/h5-8,11,13,16-18,26H,9-10H2,1-4H3,(H,21,24)(H,22,25)/t13-,16+,17?,18?/m1/s1. The highest BCUT2D eigenvalue weighted by molar-refractivity contribution is 5.96. The average Bonchev–Trinajstić information content (AvgIpc) is 3.43. The van der Waals surface area contributed by atoms with Crippen molar-refractivity contribution in [2.75, 3.05) is 14.2 Å². The van der Waals surface area contributed by atoms with Gasteiger partial charge in [0.05, 0.1) is 13.0 Å². The second-order valence-electron chi connectivity index (χ2n) is 7.38. The van der Waals surface area contributed by atoms with Crippen LogP contribution < -0.4 is 15.5 Å². The van der Waals surface area contributed by atoms with Crippen LogP contribution in [0.25, 0.3) is 0 Å². The van der Waals surface area contributed by atoms with Gasteiger partial charge >= 0.3 is 0 Å². The molecule has 0 radical (unpaired) electrons. The highest BCUT2D eigenvalue weighted by atomic mass is 16.5. The first-order valence-electron chi connectivity index (χ1n) is 9.15. The molecule has 7 heteroatoms. The smallest absolute Gasteiger partial charge is 0.247 e. The molecule has 2 rings (SSSR count). The number of amides is 2. The number of hydroxylamine groups is 1. The summed E-state index contributed by atoms with van der Waals surface area (Å²) in [7, 11) is 3.13. The maximum atomic E-state index is 12.8. The van der Waals surface area contributed by atoms with Crippen molar-refractivity contribution in [1.29, 1.82) is 0 Å². The van der Waals surface area contributed by atoms with Crippen LogP contribution in [0.2, 0.25) is 0 Å². The van der Waals surface area contributed by atoms with Gasteiger partial charge in [-0.25, -0.2) is 5.48 Å². The first-order chi connectivity index (χ1) is 12.8. The quantitative estimate of drug-likeness (QED) is 0.448. The van der Waals surface area contributed by atoms with E-state index in [1.165, 1.54) is 0 Å². The zero-order valence-corrected chi connectivity index (χ0v) is 16.2. The van der Waals surface area contributed by atoms with Crippen molar-refractivity contribution >= 4 is 17.6 Å². The van der Waals surface area contributed by atoms with Gasteiger partial charge < -0.3 is 10.1 Å². The van der Waals surface area contributed by atoms with Crippen LogP contribution in [0.15, 0.2) is 24.3 Å². The van der Waals surface area contributed by atoms with Crippen molar-refractivity contribution in [2.24, 2.45) is 29.6 Å². The van der Waals surface area contributed by atoms with Gasteiger partial charge in [0, 0.05) is 25.3 Å². The Balaban J connectivity index is 2.09. The minimum atomic E-state index is -0.529. The van der Waals surface area contributed by atoms with Gasteiger partial charge in [-0.05, 0) is 36.0 Å². The van der Waals surface area contributed by atoms with Gasteiger partial charge in [0.1, 0.15) is 11.5 Å². The summed E-state index contributed by atoms with van der Waals surface area (Å²) < 4.78 is 5.13. The van der Waals surface area contributed by atoms with Crippen molar-refractivity contribution in [3.05, 3.63) is 29.8 Å². The largest absolute Gasteiger partial charge is 0.497 e. The minimum absolute atomic E-state index is 0.0643. The van der Waals surface area contributed by atoms with Crippen LogP contribution in [0.3, 0.4) is 0 Å². The molecule has 0 heterocycles. The van der Waals surface area contributed by atoms with Crippen LogP contribution in [0, 0.1) is 29.6 Å². The van der Waals surface area contributed by atoms with E-state index in [0.29, 0.717) is 6.42 Å². The van der Waals surface area contributed by atoms with Gasteiger partial charge in [-0.1, -0.05) is 26.0 Å². The van der Waals surface area contributed by atoms with Crippen LogP contribution in [-0.2, 0) is 20.8 Å². The third-order valence-corrected chi connectivity index (χ3v) is 5.34. The van der Waals surface area contributed by atoms with Gasteiger partial charge in [0.15, 0.2) is 0 Å². The Labute approximate surface area is 159 Å². The zero-order valence-electron chi connectivity index (χ0n) is 16.2. The number of Topliss-reactive ketones (excluding diaryl/α,β-unsaturated/α-hetero) is 1. The predicted octanol–water partition coefficient (Wildman–Crippen LogP) is 1.58. The van der Waals surface area contributed by atoms with E-state index < -0.39 is 23.7 Å². The second-order valence-corrected chi connectivity index (χ2v) is 7.38. The topological polar surface area (TPSA) is 105 Å². The molecule has 7 nitrogen and oxygen atoms in total. The van der Waals surface area contributed by atoms with Gasteiger partial charge in [-0.15, -0.1) is 0 Å². The fraction of sp³-hybridized carbons (Fsp3) is 0.550. The summed E-state index contributed by atoms with van der Waals surface area (Å²) in [5.74, 6) is -1.55. The molecule has 27 heavy (non-hydrogen) atoms. The first kappa shape index (κ1) is 20.9. The lowest BCUT2D eigenvalue weighted by Crippen LogP contribution is -2.31. The summed E-state index contributed by atoms with van der Waals surface area (Å²) in [4.78, 5) is 36.9. The molecule has 1 aliphatic rings. The Bertz CT molecular complexity index is 686.